The van der Waals surface area contributed by atoms with Crippen LogP contribution in [0.2, 0.25) is 0 Å². The van der Waals surface area contributed by atoms with Crippen molar-refractivity contribution in [2.75, 3.05) is 13.2 Å². The number of carbonyl (C=O) groups excluding carboxylic acids is 2. The first kappa shape index (κ1) is 17.0. The molecule has 0 saturated carbocycles. The van der Waals surface area contributed by atoms with Gasteiger partial charge in [-0.2, -0.15) is 0 Å². The highest BCUT2D eigenvalue weighted by Crippen LogP contribution is 2.17. The Morgan fingerprint density at radius 2 is 1.86 bits per heavy atom. The van der Waals surface area contributed by atoms with Gasteiger partial charge in [-0.15, -0.1) is 0 Å². The average molecular weight is 296 g/mol. The van der Waals surface area contributed by atoms with Gasteiger partial charge in [0.05, 0.1) is 12.7 Å². The number of phenolic OH excluding ortho intramolecular Hbond substituents is 1. The summed E-state index contributed by atoms with van der Waals surface area (Å²) in [6.45, 7) is 3.06. The summed E-state index contributed by atoms with van der Waals surface area (Å²) in [5.41, 5.74) is 0. The van der Waals surface area contributed by atoms with E-state index in [1.165, 1.54) is 19.1 Å². The van der Waals surface area contributed by atoms with Crippen molar-refractivity contribution in [3.05, 3.63) is 24.3 Å². The van der Waals surface area contributed by atoms with E-state index in [0.29, 0.717) is 5.75 Å². The fourth-order valence-corrected chi connectivity index (χ4v) is 1.75. The van der Waals surface area contributed by atoms with Gasteiger partial charge >= 0.3 is 5.97 Å². The molecule has 0 radical (unpaired) electrons. The van der Waals surface area contributed by atoms with Crippen molar-refractivity contribution >= 4 is 11.8 Å². The summed E-state index contributed by atoms with van der Waals surface area (Å²) < 4.78 is 10.1. The van der Waals surface area contributed by atoms with E-state index in [4.69, 9.17) is 14.6 Å². The topological polar surface area (TPSA) is 93.1 Å². The van der Waals surface area contributed by atoms with E-state index in [1.807, 2.05) is 0 Å². The molecular formula is C15H20O6. The maximum atomic E-state index is 11.6. The summed E-state index contributed by atoms with van der Waals surface area (Å²) in [5, 5.41) is 19.0. The number of aromatic hydroxyl groups is 1. The summed E-state index contributed by atoms with van der Waals surface area (Å²) in [6, 6.07) is 6.02. The van der Waals surface area contributed by atoms with Crippen LogP contribution in [0.1, 0.15) is 20.3 Å². The van der Waals surface area contributed by atoms with Crippen LogP contribution in [-0.2, 0) is 14.3 Å². The lowest BCUT2D eigenvalue weighted by Crippen LogP contribution is -2.31. The summed E-state index contributed by atoms with van der Waals surface area (Å²) >= 11 is 0. The molecule has 2 atom stereocenters. The Labute approximate surface area is 123 Å². The predicted molar refractivity (Wildman–Crippen MR) is 75.0 cm³/mol. The monoisotopic (exact) mass is 296 g/mol. The van der Waals surface area contributed by atoms with Gasteiger partial charge in [0.15, 0.2) is 0 Å². The Bertz CT molecular complexity index is 468. The van der Waals surface area contributed by atoms with Gasteiger partial charge in [0, 0.05) is 0 Å². The third kappa shape index (κ3) is 5.83. The number of esters is 1. The molecule has 2 unspecified atom stereocenters. The van der Waals surface area contributed by atoms with Crippen LogP contribution in [0.15, 0.2) is 24.3 Å². The summed E-state index contributed by atoms with van der Waals surface area (Å²) in [5.74, 6) is -1.38. The molecule has 6 heteroatoms. The van der Waals surface area contributed by atoms with Crippen LogP contribution in [0.5, 0.6) is 11.5 Å². The van der Waals surface area contributed by atoms with Crippen molar-refractivity contribution < 1.29 is 29.3 Å². The van der Waals surface area contributed by atoms with Gasteiger partial charge in [-0.3, -0.25) is 9.59 Å². The molecule has 1 aromatic rings. The molecule has 0 bridgehead atoms. The van der Waals surface area contributed by atoms with Crippen LogP contribution < -0.4 is 4.74 Å². The number of aliphatic hydroxyl groups is 1. The largest absolute Gasteiger partial charge is 0.508 e. The number of carbonyl (C=O) groups is 2. The van der Waals surface area contributed by atoms with Gasteiger partial charge < -0.3 is 19.7 Å². The number of phenols is 1. The molecule has 6 nitrogen and oxygen atoms in total. The third-order valence-electron chi connectivity index (χ3n) is 2.85. The smallest absolute Gasteiger partial charge is 0.316 e. The quantitative estimate of drug-likeness (QED) is 0.554. The van der Waals surface area contributed by atoms with Gasteiger partial charge in [-0.25, -0.2) is 0 Å². The van der Waals surface area contributed by atoms with Crippen LogP contribution in [0, 0.1) is 5.92 Å². The summed E-state index contributed by atoms with van der Waals surface area (Å²) in [6.07, 6.45) is -1.02. The molecular weight excluding hydrogens is 276 g/mol. The number of rotatable bonds is 8. The number of hydrogen-bond acceptors (Lipinski definition) is 6. The molecule has 0 saturated heterocycles. The summed E-state index contributed by atoms with van der Waals surface area (Å²) in [4.78, 5) is 23.0. The molecule has 2 N–H and O–H groups in total. The minimum absolute atomic E-state index is 0.0494. The van der Waals surface area contributed by atoms with E-state index in [1.54, 1.807) is 19.1 Å². The molecule has 21 heavy (non-hydrogen) atoms. The van der Waals surface area contributed by atoms with Crippen LogP contribution in [0.4, 0.5) is 0 Å². The van der Waals surface area contributed by atoms with E-state index in [0.717, 1.165) is 0 Å². The van der Waals surface area contributed by atoms with Gasteiger partial charge in [0.1, 0.15) is 29.8 Å². The highest BCUT2D eigenvalue weighted by molar-refractivity contribution is 5.97. The molecule has 0 aromatic heterocycles. The molecule has 116 valence electrons. The second kappa shape index (κ2) is 8.26. The van der Waals surface area contributed by atoms with Crippen LogP contribution in [0.25, 0.3) is 0 Å². The van der Waals surface area contributed by atoms with Crippen molar-refractivity contribution in [2.24, 2.45) is 5.92 Å². The number of hydrogen-bond donors (Lipinski definition) is 2. The molecule has 0 aliphatic heterocycles. The molecule has 0 aliphatic rings. The number of ketones is 1. The molecule has 0 heterocycles. The van der Waals surface area contributed by atoms with Crippen LogP contribution in [0.3, 0.4) is 0 Å². The lowest BCUT2D eigenvalue weighted by atomic mass is 9.98. The Balaban J connectivity index is 2.50. The van der Waals surface area contributed by atoms with Gasteiger partial charge in [-0.05, 0) is 44.5 Å². The van der Waals surface area contributed by atoms with E-state index in [-0.39, 0.29) is 31.2 Å². The molecule has 0 fully saturated rings. The average Bonchev–Trinajstić information content (AvgIpc) is 2.44. The minimum Gasteiger partial charge on any atom is -0.508 e. The fraction of sp³-hybridized carbons (Fsp3) is 0.467. The highest BCUT2D eigenvalue weighted by Gasteiger charge is 2.27. The molecule has 0 amide bonds. The van der Waals surface area contributed by atoms with Crippen molar-refractivity contribution in [1.82, 2.24) is 0 Å². The van der Waals surface area contributed by atoms with Gasteiger partial charge in [-0.1, -0.05) is 0 Å². The fourth-order valence-electron chi connectivity index (χ4n) is 1.75. The first-order chi connectivity index (χ1) is 9.93. The maximum absolute atomic E-state index is 11.6. The first-order valence-electron chi connectivity index (χ1n) is 6.71. The lowest BCUT2D eigenvalue weighted by Gasteiger charge is -2.17. The second-order valence-corrected chi connectivity index (χ2v) is 4.61. The third-order valence-corrected chi connectivity index (χ3v) is 2.85. The zero-order valence-electron chi connectivity index (χ0n) is 12.1. The predicted octanol–water partition coefficient (Wildman–Crippen LogP) is 1.29. The van der Waals surface area contributed by atoms with E-state index in [2.05, 4.69) is 0 Å². The Morgan fingerprint density at radius 1 is 1.24 bits per heavy atom. The number of ether oxygens (including phenoxy) is 2. The van der Waals surface area contributed by atoms with E-state index >= 15 is 0 Å². The molecule has 0 aliphatic carbocycles. The first-order valence-corrected chi connectivity index (χ1v) is 6.71. The maximum Gasteiger partial charge on any atom is 0.316 e. The van der Waals surface area contributed by atoms with Crippen molar-refractivity contribution in [3.8, 4) is 11.5 Å². The van der Waals surface area contributed by atoms with Gasteiger partial charge in [0.25, 0.3) is 0 Å². The Morgan fingerprint density at radius 3 is 2.38 bits per heavy atom. The van der Waals surface area contributed by atoms with E-state index < -0.39 is 18.0 Å². The molecule has 0 spiro atoms. The van der Waals surface area contributed by atoms with Crippen LogP contribution in [-0.4, -0.2) is 41.3 Å². The number of Topliss-reactive ketones (excluding diaryl/α,β-unsaturated/α-hetero) is 1. The Kier molecular flexibility index (Phi) is 6.68. The van der Waals surface area contributed by atoms with E-state index in [9.17, 15) is 14.7 Å². The molecule has 1 rings (SSSR count). The Hall–Kier alpha value is -2.08. The van der Waals surface area contributed by atoms with Crippen molar-refractivity contribution in [3.63, 3.8) is 0 Å². The van der Waals surface area contributed by atoms with Crippen molar-refractivity contribution in [2.45, 2.75) is 26.4 Å². The number of aliphatic hydroxyl groups excluding tert-OH is 1. The highest BCUT2D eigenvalue weighted by atomic mass is 16.5. The zero-order valence-corrected chi connectivity index (χ0v) is 12.1. The summed E-state index contributed by atoms with van der Waals surface area (Å²) in [7, 11) is 0. The standard InChI is InChI=1S/C15H20O6/c1-3-20-15(19)14(10(2)16)8-12(18)9-21-13-6-4-11(17)5-7-13/h4-7,12,14,17-18H,3,8-9H2,1-2H3. The normalized spacial score (nSPS) is 13.3. The van der Waals surface area contributed by atoms with Crippen molar-refractivity contribution in [1.29, 1.82) is 0 Å². The second-order valence-electron chi connectivity index (χ2n) is 4.61. The molecule has 1 aromatic carbocycles. The lowest BCUT2D eigenvalue weighted by molar-refractivity contribution is -0.152. The van der Waals surface area contributed by atoms with Gasteiger partial charge in [0.2, 0.25) is 0 Å². The minimum atomic E-state index is -0.983. The number of benzene rings is 1. The zero-order chi connectivity index (χ0) is 15.8. The van der Waals surface area contributed by atoms with Crippen LogP contribution >= 0.6 is 0 Å². The SMILES string of the molecule is CCOC(=O)C(CC(O)COc1ccc(O)cc1)C(C)=O.